The molecule has 0 aliphatic rings. The summed E-state index contributed by atoms with van der Waals surface area (Å²) in [6.45, 7) is 0.160. The minimum Gasteiger partial charge on any atom is -0.384 e. The van der Waals surface area contributed by atoms with Gasteiger partial charge in [0.25, 0.3) is 5.91 Å². The van der Waals surface area contributed by atoms with Crippen LogP contribution >= 0.6 is 11.6 Å². The number of anilines is 1. The van der Waals surface area contributed by atoms with Crippen LogP contribution in [0.1, 0.15) is 15.9 Å². The third kappa shape index (κ3) is 2.60. The van der Waals surface area contributed by atoms with Gasteiger partial charge in [-0.15, -0.1) is 0 Å². The SMILES string of the molecule is Nc1[nH]ncc1CNC(=O)c1cc(Cl)ccc1F. The number of hydrogen-bond donors (Lipinski definition) is 3. The Morgan fingerprint density at radius 2 is 2.33 bits per heavy atom. The maximum absolute atomic E-state index is 13.4. The zero-order chi connectivity index (χ0) is 13.1. The van der Waals surface area contributed by atoms with Crippen molar-refractivity contribution in [3.8, 4) is 0 Å². The minimum atomic E-state index is -0.628. The van der Waals surface area contributed by atoms with Crippen LogP contribution in [-0.2, 0) is 6.54 Å². The summed E-state index contributed by atoms with van der Waals surface area (Å²) in [6.07, 6.45) is 1.49. The monoisotopic (exact) mass is 268 g/mol. The first kappa shape index (κ1) is 12.4. The molecule has 1 aromatic carbocycles. The third-order valence-corrected chi connectivity index (χ3v) is 2.60. The van der Waals surface area contributed by atoms with E-state index in [1.54, 1.807) is 0 Å². The Morgan fingerprint density at radius 1 is 1.56 bits per heavy atom. The van der Waals surface area contributed by atoms with E-state index in [1.807, 2.05) is 0 Å². The van der Waals surface area contributed by atoms with Crippen LogP contribution in [-0.4, -0.2) is 16.1 Å². The first-order chi connectivity index (χ1) is 8.58. The number of nitrogens with zero attached hydrogens (tertiary/aromatic N) is 1. The van der Waals surface area contributed by atoms with Crippen LogP contribution in [0.25, 0.3) is 0 Å². The highest BCUT2D eigenvalue weighted by atomic mass is 35.5. The third-order valence-electron chi connectivity index (χ3n) is 2.36. The van der Waals surface area contributed by atoms with E-state index in [9.17, 15) is 9.18 Å². The predicted octanol–water partition coefficient (Wildman–Crippen LogP) is 1.71. The second-order valence-corrected chi connectivity index (χ2v) is 4.05. The molecule has 18 heavy (non-hydrogen) atoms. The molecule has 0 aliphatic carbocycles. The fourth-order valence-corrected chi connectivity index (χ4v) is 1.58. The van der Waals surface area contributed by atoms with E-state index in [0.717, 1.165) is 6.07 Å². The van der Waals surface area contributed by atoms with E-state index in [2.05, 4.69) is 15.5 Å². The molecule has 1 heterocycles. The summed E-state index contributed by atoms with van der Waals surface area (Å²) in [4.78, 5) is 11.7. The normalized spacial score (nSPS) is 10.3. The second-order valence-electron chi connectivity index (χ2n) is 3.62. The second kappa shape index (κ2) is 5.05. The van der Waals surface area contributed by atoms with Crippen LogP contribution in [0.15, 0.2) is 24.4 Å². The Morgan fingerprint density at radius 3 is 3.00 bits per heavy atom. The molecule has 4 N–H and O–H groups in total. The van der Waals surface area contributed by atoms with E-state index in [4.69, 9.17) is 17.3 Å². The molecule has 0 saturated heterocycles. The van der Waals surface area contributed by atoms with Crippen molar-refractivity contribution >= 4 is 23.3 Å². The maximum atomic E-state index is 13.4. The van der Waals surface area contributed by atoms with Crippen molar-refractivity contribution in [2.24, 2.45) is 0 Å². The first-order valence-electron chi connectivity index (χ1n) is 5.09. The number of nitrogen functional groups attached to an aromatic ring is 1. The minimum absolute atomic E-state index is 0.107. The maximum Gasteiger partial charge on any atom is 0.254 e. The lowest BCUT2D eigenvalue weighted by molar-refractivity contribution is 0.0947. The van der Waals surface area contributed by atoms with Gasteiger partial charge >= 0.3 is 0 Å². The number of carbonyl (C=O) groups is 1. The Hall–Kier alpha value is -2.08. The summed E-state index contributed by atoms with van der Waals surface area (Å²) < 4.78 is 13.4. The summed E-state index contributed by atoms with van der Waals surface area (Å²) in [7, 11) is 0. The van der Waals surface area contributed by atoms with Gasteiger partial charge in [-0.2, -0.15) is 5.10 Å². The first-order valence-corrected chi connectivity index (χ1v) is 5.46. The number of amides is 1. The van der Waals surface area contributed by atoms with Crippen LogP contribution in [0, 0.1) is 5.82 Å². The molecule has 0 aliphatic heterocycles. The van der Waals surface area contributed by atoms with Gasteiger partial charge in [0, 0.05) is 17.1 Å². The zero-order valence-electron chi connectivity index (χ0n) is 9.21. The van der Waals surface area contributed by atoms with Crippen LogP contribution < -0.4 is 11.1 Å². The molecule has 5 nitrogen and oxygen atoms in total. The molecule has 1 aromatic heterocycles. The van der Waals surface area contributed by atoms with Crippen molar-refractivity contribution in [2.75, 3.05) is 5.73 Å². The van der Waals surface area contributed by atoms with Crippen molar-refractivity contribution in [1.82, 2.24) is 15.5 Å². The fraction of sp³-hybridized carbons (Fsp3) is 0.0909. The predicted molar refractivity (Wildman–Crippen MR) is 65.6 cm³/mol. The molecule has 0 bridgehead atoms. The number of aromatic nitrogens is 2. The lowest BCUT2D eigenvalue weighted by atomic mass is 10.2. The molecule has 0 atom stereocenters. The molecule has 2 aromatic rings. The quantitative estimate of drug-likeness (QED) is 0.792. The molecule has 0 saturated carbocycles. The number of halogens is 2. The number of H-pyrrole nitrogens is 1. The van der Waals surface area contributed by atoms with Crippen LogP contribution in [0.4, 0.5) is 10.2 Å². The van der Waals surface area contributed by atoms with Crippen molar-refractivity contribution in [2.45, 2.75) is 6.54 Å². The van der Waals surface area contributed by atoms with Crippen LogP contribution in [0.2, 0.25) is 5.02 Å². The van der Waals surface area contributed by atoms with Crippen LogP contribution in [0.5, 0.6) is 0 Å². The highest BCUT2D eigenvalue weighted by Gasteiger charge is 2.12. The Kier molecular flexibility index (Phi) is 3.47. The van der Waals surface area contributed by atoms with Gasteiger partial charge < -0.3 is 11.1 Å². The number of hydrogen-bond acceptors (Lipinski definition) is 3. The van der Waals surface area contributed by atoms with Gasteiger partial charge in [-0.25, -0.2) is 4.39 Å². The fourth-order valence-electron chi connectivity index (χ4n) is 1.40. The summed E-state index contributed by atoms with van der Waals surface area (Å²) >= 11 is 5.70. The molecular formula is C11H10ClFN4O. The lowest BCUT2D eigenvalue weighted by Gasteiger charge is -2.05. The number of carbonyl (C=O) groups excluding carboxylic acids is 1. The van der Waals surface area contributed by atoms with Crippen molar-refractivity contribution in [3.05, 3.63) is 46.4 Å². The van der Waals surface area contributed by atoms with Crippen LogP contribution in [0.3, 0.4) is 0 Å². The highest BCUT2D eigenvalue weighted by molar-refractivity contribution is 6.30. The molecule has 0 unspecified atom stereocenters. The van der Waals surface area contributed by atoms with Crippen molar-refractivity contribution in [1.29, 1.82) is 0 Å². The van der Waals surface area contributed by atoms with E-state index in [0.29, 0.717) is 16.4 Å². The van der Waals surface area contributed by atoms with E-state index >= 15 is 0 Å². The Balaban J connectivity index is 2.08. The number of rotatable bonds is 3. The summed E-state index contributed by atoms with van der Waals surface area (Å²) in [5.41, 5.74) is 6.08. The number of aromatic amines is 1. The average molecular weight is 269 g/mol. The van der Waals surface area contributed by atoms with Crippen molar-refractivity contribution in [3.63, 3.8) is 0 Å². The van der Waals surface area contributed by atoms with Crippen molar-refractivity contribution < 1.29 is 9.18 Å². The van der Waals surface area contributed by atoms with Gasteiger partial charge in [0.05, 0.1) is 11.8 Å². The molecule has 94 valence electrons. The molecule has 7 heteroatoms. The standard InChI is InChI=1S/C11H10ClFN4O/c12-7-1-2-9(13)8(3-7)11(18)15-4-6-5-16-17-10(6)14/h1-3,5H,4H2,(H,15,18)(H3,14,16,17). The molecule has 1 amide bonds. The molecule has 0 spiro atoms. The van der Waals surface area contributed by atoms with Gasteiger partial charge in [-0.3, -0.25) is 9.89 Å². The average Bonchev–Trinajstić information content (AvgIpc) is 2.75. The van der Waals surface area contributed by atoms with Gasteiger partial charge in [0.2, 0.25) is 0 Å². The smallest absolute Gasteiger partial charge is 0.254 e. The number of nitrogens with two attached hydrogens (primary N) is 1. The van der Waals surface area contributed by atoms with Gasteiger partial charge in [0.15, 0.2) is 0 Å². The van der Waals surface area contributed by atoms with Gasteiger partial charge in [-0.05, 0) is 18.2 Å². The van der Waals surface area contributed by atoms with Gasteiger partial charge in [-0.1, -0.05) is 11.6 Å². The number of nitrogens with one attached hydrogen (secondary N) is 2. The Bertz CT molecular complexity index is 584. The summed E-state index contributed by atoms with van der Waals surface area (Å²) in [6, 6.07) is 3.79. The van der Waals surface area contributed by atoms with E-state index in [-0.39, 0.29) is 12.1 Å². The van der Waals surface area contributed by atoms with Gasteiger partial charge in [0.1, 0.15) is 11.6 Å². The van der Waals surface area contributed by atoms with E-state index < -0.39 is 11.7 Å². The summed E-state index contributed by atoms with van der Waals surface area (Å²) in [5.74, 6) is -0.825. The molecule has 2 rings (SSSR count). The van der Waals surface area contributed by atoms with E-state index in [1.165, 1.54) is 18.3 Å². The molecular weight excluding hydrogens is 259 g/mol. The lowest BCUT2D eigenvalue weighted by Crippen LogP contribution is -2.24. The Labute approximate surface area is 107 Å². The largest absolute Gasteiger partial charge is 0.384 e. The topological polar surface area (TPSA) is 83.8 Å². The zero-order valence-corrected chi connectivity index (χ0v) is 9.96. The number of benzene rings is 1. The summed E-state index contributed by atoms with van der Waals surface area (Å²) in [5, 5.41) is 9.07. The highest BCUT2D eigenvalue weighted by Crippen LogP contribution is 2.15. The molecule has 0 radical (unpaired) electrons. The molecule has 0 fully saturated rings.